The van der Waals surface area contributed by atoms with Crippen molar-refractivity contribution >= 4 is 35.0 Å². The van der Waals surface area contributed by atoms with Gasteiger partial charge in [-0.05, 0) is 56.2 Å². The lowest BCUT2D eigenvalue weighted by molar-refractivity contribution is -0.121. The number of hydrazine groups is 1. The summed E-state index contributed by atoms with van der Waals surface area (Å²) in [6, 6.07) is 9.89. The third kappa shape index (κ3) is 6.32. The van der Waals surface area contributed by atoms with Crippen molar-refractivity contribution in [2.24, 2.45) is 0 Å². The van der Waals surface area contributed by atoms with Crippen molar-refractivity contribution in [1.82, 2.24) is 10.9 Å². The van der Waals surface area contributed by atoms with E-state index in [4.69, 9.17) is 32.7 Å². The minimum atomic E-state index is -0.465. The number of carbonyl (C=O) groups is 2. The van der Waals surface area contributed by atoms with Crippen molar-refractivity contribution in [2.75, 3.05) is 7.11 Å². The number of nitrogens with one attached hydrogen (secondary N) is 2. The summed E-state index contributed by atoms with van der Waals surface area (Å²) in [6.07, 6.45) is 0.556. The summed E-state index contributed by atoms with van der Waals surface area (Å²) >= 11 is 11.9. The first kappa shape index (κ1) is 21.9. The number of amides is 2. The molecule has 0 saturated heterocycles. The van der Waals surface area contributed by atoms with Gasteiger partial charge in [0, 0.05) is 22.0 Å². The van der Waals surface area contributed by atoms with Crippen LogP contribution in [0.15, 0.2) is 36.4 Å². The van der Waals surface area contributed by atoms with Gasteiger partial charge in [-0.25, -0.2) is 0 Å². The van der Waals surface area contributed by atoms with Gasteiger partial charge in [-0.3, -0.25) is 20.4 Å². The van der Waals surface area contributed by atoms with E-state index in [0.717, 1.165) is 5.56 Å². The zero-order chi connectivity index (χ0) is 20.7. The molecular weight excluding hydrogens is 403 g/mol. The highest BCUT2D eigenvalue weighted by atomic mass is 35.5. The van der Waals surface area contributed by atoms with E-state index < -0.39 is 5.91 Å². The largest absolute Gasteiger partial charge is 0.493 e. The number of aryl methyl sites for hydroxylation is 1. The lowest BCUT2D eigenvalue weighted by atomic mass is 10.1. The first-order valence-electron chi connectivity index (χ1n) is 8.68. The molecule has 150 valence electrons. The van der Waals surface area contributed by atoms with Crippen molar-refractivity contribution in [3.8, 4) is 11.5 Å². The van der Waals surface area contributed by atoms with E-state index in [2.05, 4.69) is 10.9 Å². The fourth-order valence-corrected chi connectivity index (χ4v) is 2.90. The molecule has 0 aliphatic carbocycles. The van der Waals surface area contributed by atoms with Crippen LogP contribution in [0, 0.1) is 0 Å². The highest BCUT2D eigenvalue weighted by Gasteiger charge is 2.13. The van der Waals surface area contributed by atoms with Gasteiger partial charge >= 0.3 is 0 Å². The van der Waals surface area contributed by atoms with Crippen LogP contribution in [0.25, 0.3) is 0 Å². The second-order valence-electron chi connectivity index (χ2n) is 6.27. The third-order valence-electron chi connectivity index (χ3n) is 3.74. The molecule has 0 fully saturated rings. The van der Waals surface area contributed by atoms with Crippen LogP contribution in [0.3, 0.4) is 0 Å². The van der Waals surface area contributed by atoms with Crippen LogP contribution in [0.5, 0.6) is 11.5 Å². The Morgan fingerprint density at radius 2 is 1.79 bits per heavy atom. The summed E-state index contributed by atoms with van der Waals surface area (Å²) in [5.41, 5.74) is 5.90. The van der Waals surface area contributed by atoms with Crippen LogP contribution in [0.4, 0.5) is 0 Å². The molecule has 2 N–H and O–H groups in total. The maximum Gasteiger partial charge on any atom is 0.269 e. The molecule has 0 heterocycles. The summed E-state index contributed by atoms with van der Waals surface area (Å²) in [7, 11) is 1.49. The SMILES string of the molecule is COc1cc(C(=O)NNC(=O)CCc2ccc(Cl)cc2Cl)ccc1OC(C)C. The van der Waals surface area contributed by atoms with Crippen LogP contribution in [-0.2, 0) is 11.2 Å². The second-order valence-corrected chi connectivity index (χ2v) is 7.11. The minimum absolute atomic E-state index is 0.0259. The molecular formula is C20H22Cl2N2O4. The van der Waals surface area contributed by atoms with Crippen LogP contribution >= 0.6 is 23.2 Å². The predicted octanol–water partition coefficient (Wildman–Crippen LogP) is 4.18. The fourth-order valence-electron chi connectivity index (χ4n) is 2.39. The molecule has 0 saturated carbocycles. The van der Waals surface area contributed by atoms with Crippen LogP contribution in [-0.4, -0.2) is 25.0 Å². The molecule has 0 radical (unpaired) electrons. The lowest BCUT2D eigenvalue weighted by Crippen LogP contribution is -2.41. The van der Waals surface area contributed by atoms with E-state index >= 15 is 0 Å². The van der Waals surface area contributed by atoms with Crippen LogP contribution < -0.4 is 20.3 Å². The quantitative estimate of drug-likeness (QED) is 0.653. The van der Waals surface area contributed by atoms with E-state index in [1.165, 1.54) is 7.11 Å². The van der Waals surface area contributed by atoms with E-state index in [-0.39, 0.29) is 18.4 Å². The van der Waals surface area contributed by atoms with Crippen molar-refractivity contribution in [3.05, 3.63) is 57.6 Å². The van der Waals surface area contributed by atoms with E-state index in [1.54, 1.807) is 36.4 Å². The molecule has 8 heteroatoms. The average molecular weight is 425 g/mol. The third-order valence-corrected chi connectivity index (χ3v) is 4.33. The van der Waals surface area contributed by atoms with Gasteiger partial charge in [-0.15, -0.1) is 0 Å². The monoisotopic (exact) mass is 424 g/mol. The molecule has 2 amide bonds. The number of hydrogen-bond acceptors (Lipinski definition) is 4. The zero-order valence-electron chi connectivity index (χ0n) is 15.8. The molecule has 2 rings (SSSR count). The highest BCUT2D eigenvalue weighted by molar-refractivity contribution is 6.35. The molecule has 28 heavy (non-hydrogen) atoms. The number of rotatable bonds is 7. The predicted molar refractivity (Wildman–Crippen MR) is 109 cm³/mol. The van der Waals surface area contributed by atoms with E-state index in [0.29, 0.717) is 33.5 Å². The summed E-state index contributed by atoms with van der Waals surface area (Å²) in [5.74, 6) is 0.168. The number of halogens is 2. The Morgan fingerprint density at radius 1 is 1.04 bits per heavy atom. The molecule has 6 nitrogen and oxygen atoms in total. The summed E-state index contributed by atoms with van der Waals surface area (Å²) in [5, 5.41) is 1.03. The van der Waals surface area contributed by atoms with Gasteiger partial charge in [0.15, 0.2) is 11.5 Å². The smallest absolute Gasteiger partial charge is 0.269 e. The topological polar surface area (TPSA) is 76.7 Å². The molecule has 0 aromatic heterocycles. The highest BCUT2D eigenvalue weighted by Crippen LogP contribution is 2.29. The molecule has 2 aromatic rings. The molecule has 0 aliphatic rings. The van der Waals surface area contributed by atoms with Gasteiger partial charge in [0.1, 0.15) is 0 Å². The Bertz CT molecular complexity index is 856. The number of benzene rings is 2. The second kappa shape index (κ2) is 10.2. The minimum Gasteiger partial charge on any atom is -0.493 e. The Balaban J connectivity index is 1.89. The normalized spacial score (nSPS) is 10.5. The number of carbonyl (C=O) groups excluding carboxylic acids is 2. The van der Waals surface area contributed by atoms with Gasteiger partial charge in [0.05, 0.1) is 13.2 Å². The van der Waals surface area contributed by atoms with Gasteiger partial charge in [0.25, 0.3) is 5.91 Å². The van der Waals surface area contributed by atoms with Crippen molar-refractivity contribution < 1.29 is 19.1 Å². The van der Waals surface area contributed by atoms with E-state index in [1.807, 2.05) is 13.8 Å². The Hall–Kier alpha value is -2.44. The van der Waals surface area contributed by atoms with Gasteiger partial charge in [0.2, 0.25) is 5.91 Å². The number of hydrogen-bond donors (Lipinski definition) is 2. The van der Waals surface area contributed by atoms with Crippen LogP contribution in [0.2, 0.25) is 10.0 Å². The zero-order valence-corrected chi connectivity index (χ0v) is 17.4. The molecule has 0 aliphatic heterocycles. The lowest BCUT2D eigenvalue weighted by Gasteiger charge is -2.14. The maximum atomic E-state index is 12.3. The number of methoxy groups -OCH3 is 1. The van der Waals surface area contributed by atoms with Crippen molar-refractivity contribution in [2.45, 2.75) is 32.8 Å². The van der Waals surface area contributed by atoms with Gasteiger partial charge < -0.3 is 9.47 Å². The summed E-state index contributed by atoms with van der Waals surface area (Å²) < 4.78 is 10.9. The summed E-state index contributed by atoms with van der Waals surface area (Å²) in [4.78, 5) is 24.2. The van der Waals surface area contributed by atoms with E-state index in [9.17, 15) is 9.59 Å². The fraction of sp³-hybridized carbons (Fsp3) is 0.300. The number of ether oxygens (including phenoxy) is 2. The van der Waals surface area contributed by atoms with Crippen molar-refractivity contribution in [3.63, 3.8) is 0 Å². The molecule has 2 aromatic carbocycles. The molecule has 0 unspecified atom stereocenters. The standard InChI is InChI=1S/C20H22Cl2N2O4/c1-12(2)28-17-8-5-14(10-18(17)27-3)20(26)24-23-19(25)9-6-13-4-7-15(21)11-16(13)22/h4-5,7-8,10-12H,6,9H2,1-3H3,(H,23,25)(H,24,26). The molecule has 0 bridgehead atoms. The average Bonchev–Trinajstić information content (AvgIpc) is 2.65. The molecule has 0 spiro atoms. The Kier molecular flexibility index (Phi) is 7.96. The Labute approximate surface area is 174 Å². The van der Waals surface area contributed by atoms with Crippen LogP contribution in [0.1, 0.15) is 36.2 Å². The first-order chi connectivity index (χ1) is 13.3. The van der Waals surface area contributed by atoms with Gasteiger partial charge in [-0.1, -0.05) is 29.3 Å². The first-order valence-corrected chi connectivity index (χ1v) is 9.43. The van der Waals surface area contributed by atoms with Crippen molar-refractivity contribution in [1.29, 1.82) is 0 Å². The summed E-state index contributed by atoms with van der Waals surface area (Å²) in [6.45, 7) is 3.79. The maximum absolute atomic E-state index is 12.3. The molecule has 0 atom stereocenters. The van der Waals surface area contributed by atoms with Gasteiger partial charge in [-0.2, -0.15) is 0 Å². The Morgan fingerprint density at radius 3 is 2.43 bits per heavy atom.